The number of carbonyl (C=O) groups is 2. The van der Waals surface area contributed by atoms with Crippen LogP contribution in [0.15, 0.2) is 12.4 Å². The van der Waals surface area contributed by atoms with Gasteiger partial charge in [-0.1, -0.05) is 0 Å². The third kappa shape index (κ3) is 3.69. The van der Waals surface area contributed by atoms with Crippen LogP contribution in [0.2, 0.25) is 0 Å². The topological polar surface area (TPSA) is 64.4 Å². The predicted molar refractivity (Wildman–Crippen MR) is 78.0 cm³/mol. The molecule has 6 heteroatoms. The maximum absolute atomic E-state index is 12.3. The van der Waals surface area contributed by atoms with Gasteiger partial charge in [0.25, 0.3) is 0 Å². The molecule has 2 heterocycles. The number of Topliss-reactive ketones (excluding diaryl/α,β-unsaturated/α-hetero) is 1. The first kappa shape index (κ1) is 15.7. The van der Waals surface area contributed by atoms with Crippen molar-refractivity contribution in [3.05, 3.63) is 18.0 Å². The Bertz CT molecular complexity index is 512. The molecule has 1 aliphatic heterocycles. The molecule has 1 aromatic heterocycles. The van der Waals surface area contributed by atoms with Crippen molar-refractivity contribution >= 4 is 11.8 Å². The number of nitrogens with zero attached hydrogens (tertiary/aromatic N) is 3. The van der Waals surface area contributed by atoms with E-state index in [0.29, 0.717) is 18.6 Å². The summed E-state index contributed by atoms with van der Waals surface area (Å²) in [4.78, 5) is 26.2. The Morgan fingerprint density at radius 2 is 2.29 bits per heavy atom. The van der Waals surface area contributed by atoms with Crippen LogP contribution in [0, 0.1) is 0 Å². The second kappa shape index (κ2) is 6.85. The monoisotopic (exact) mass is 293 g/mol. The number of hydrogen-bond acceptors (Lipinski definition) is 5. The number of ether oxygens (including phenoxy) is 1. The molecule has 0 unspecified atom stereocenters. The molecule has 1 aromatic rings. The highest BCUT2D eigenvalue weighted by Crippen LogP contribution is 2.24. The van der Waals surface area contributed by atoms with Crippen molar-refractivity contribution in [2.24, 2.45) is 7.05 Å². The molecule has 0 radical (unpaired) electrons. The summed E-state index contributed by atoms with van der Waals surface area (Å²) in [5.74, 6) is -0.130. The Balaban J connectivity index is 1.98. The van der Waals surface area contributed by atoms with Crippen molar-refractivity contribution < 1.29 is 14.3 Å². The number of likely N-dealkylation sites (tertiary alicyclic amines) is 1. The molecular formula is C15H23N3O3. The van der Waals surface area contributed by atoms with Crippen LogP contribution in [0.1, 0.15) is 43.5 Å². The van der Waals surface area contributed by atoms with E-state index < -0.39 is 0 Å². The van der Waals surface area contributed by atoms with Gasteiger partial charge in [-0.05, 0) is 33.2 Å². The van der Waals surface area contributed by atoms with Gasteiger partial charge in [0.1, 0.15) is 6.04 Å². The molecule has 0 bridgehead atoms. The van der Waals surface area contributed by atoms with Crippen molar-refractivity contribution in [2.45, 2.75) is 45.2 Å². The molecule has 0 aliphatic carbocycles. The Kier molecular flexibility index (Phi) is 5.12. The summed E-state index contributed by atoms with van der Waals surface area (Å²) in [5, 5.41) is 4.03. The molecule has 1 fully saturated rings. The number of esters is 1. The van der Waals surface area contributed by atoms with Gasteiger partial charge in [-0.15, -0.1) is 0 Å². The van der Waals surface area contributed by atoms with E-state index in [1.54, 1.807) is 31.0 Å². The lowest BCUT2D eigenvalue weighted by molar-refractivity contribution is -0.149. The van der Waals surface area contributed by atoms with E-state index in [1.165, 1.54) is 0 Å². The fourth-order valence-corrected chi connectivity index (χ4v) is 2.88. The van der Waals surface area contributed by atoms with Crippen LogP contribution in [-0.4, -0.2) is 51.7 Å². The molecule has 0 saturated carbocycles. The van der Waals surface area contributed by atoms with Crippen LogP contribution in [0.3, 0.4) is 0 Å². The summed E-state index contributed by atoms with van der Waals surface area (Å²) in [7, 11) is 1.79. The zero-order valence-corrected chi connectivity index (χ0v) is 12.9. The lowest BCUT2D eigenvalue weighted by atomic mass is 10.0. The highest BCUT2D eigenvalue weighted by atomic mass is 16.5. The Labute approximate surface area is 125 Å². The number of hydrogen-bond donors (Lipinski definition) is 0. The molecule has 6 nitrogen and oxygen atoms in total. The van der Waals surface area contributed by atoms with Gasteiger partial charge in [0, 0.05) is 25.7 Å². The fourth-order valence-electron chi connectivity index (χ4n) is 2.88. The van der Waals surface area contributed by atoms with Crippen LogP contribution >= 0.6 is 0 Å². The Morgan fingerprint density at radius 3 is 2.90 bits per heavy atom. The fraction of sp³-hybridized carbons (Fsp3) is 0.667. The molecule has 2 rings (SSSR count). The molecular weight excluding hydrogens is 270 g/mol. The number of aromatic nitrogens is 2. The van der Waals surface area contributed by atoms with Gasteiger partial charge in [0.05, 0.1) is 18.4 Å². The predicted octanol–water partition coefficient (Wildman–Crippen LogP) is 1.41. The van der Waals surface area contributed by atoms with E-state index in [-0.39, 0.29) is 23.8 Å². The summed E-state index contributed by atoms with van der Waals surface area (Å²) < 4.78 is 6.70. The zero-order valence-electron chi connectivity index (χ0n) is 12.9. The first-order chi connectivity index (χ1) is 10.0. The standard InChI is InChI=1S/C15H23N3O3/c1-4-21-15(20)11(2)18-7-5-6-13(18)8-14(19)12-9-16-17(3)10-12/h9-11,13H,4-8H2,1-3H3/t11-,13-/m1/s1. The van der Waals surface area contributed by atoms with E-state index in [2.05, 4.69) is 10.00 Å². The summed E-state index contributed by atoms with van der Waals surface area (Å²) in [6.07, 6.45) is 5.70. The van der Waals surface area contributed by atoms with Crippen LogP contribution in [-0.2, 0) is 16.6 Å². The lowest BCUT2D eigenvalue weighted by Crippen LogP contribution is -2.43. The molecule has 21 heavy (non-hydrogen) atoms. The highest BCUT2D eigenvalue weighted by molar-refractivity contribution is 5.96. The second-order valence-electron chi connectivity index (χ2n) is 5.49. The van der Waals surface area contributed by atoms with E-state index in [4.69, 9.17) is 4.74 Å². The number of aryl methyl sites for hydroxylation is 1. The number of carbonyl (C=O) groups excluding carboxylic acids is 2. The van der Waals surface area contributed by atoms with Gasteiger partial charge in [0.2, 0.25) is 0 Å². The van der Waals surface area contributed by atoms with Crippen molar-refractivity contribution in [3.63, 3.8) is 0 Å². The van der Waals surface area contributed by atoms with Gasteiger partial charge < -0.3 is 4.74 Å². The SMILES string of the molecule is CCOC(=O)[C@@H](C)N1CCC[C@@H]1CC(=O)c1cnn(C)c1. The normalized spacial score (nSPS) is 20.4. The van der Waals surface area contributed by atoms with Gasteiger partial charge in [-0.3, -0.25) is 19.2 Å². The average molecular weight is 293 g/mol. The van der Waals surface area contributed by atoms with E-state index in [1.807, 2.05) is 6.92 Å². The van der Waals surface area contributed by atoms with Crippen molar-refractivity contribution in [1.29, 1.82) is 0 Å². The van der Waals surface area contributed by atoms with Gasteiger partial charge in [-0.2, -0.15) is 5.10 Å². The van der Waals surface area contributed by atoms with E-state index >= 15 is 0 Å². The smallest absolute Gasteiger partial charge is 0.323 e. The average Bonchev–Trinajstić information content (AvgIpc) is 3.07. The molecule has 2 atom stereocenters. The van der Waals surface area contributed by atoms with Crippen LogP contribution in [0.25, 0.3) is 0 Å². The van der Waals surface area contributed by atoms with Crippen molar-refractivity contribution in [1.82, 2.24) is 14.7 Å². The maximum Gasteiger partial charge on any atom is 0.323 e. The van der Waals surface area contributed by atoms with Crippen LogP contribution in [0.4, 0.5) is 0 Å². The second-order valence-corrected chi connectivity index (χ2v) is 5.49. The zero-order chi connectivity index (χ0) is 15.4. The molecule has 0 aromatic carbocycles. The number of ketones is 1. The lowest BCUT2D eigenvalue weighted by Gasteiger charge is -2.28. The Hall–Kier alpha value is -1.69. The maximum atomic E-state index is 12.3. The molecule has 0 amide bonds. The first-order valence-electron chi connectivity index (χ1n) is 7.47. The number of rotatable bonds is 6. The van der Waals surface area contributed by atoms with Gasteiger partial charge >= 0.3 is 5.97 Å². The quantitative estimate of drug-likeness (QED) is 0.586. The molecule has 0 N–H and O–H groups in total. The summed E-state index contributed by atoms with van der Waals surface area (Å²) >= 11 is 0. The Morgan fingerprint density at radius 1 is 1.52 bits per heavy atom. The third-order valence-electron chi connectivity index (χ3n) is 4.00. The van der Waals surface area contributed by atoms with E-state index in [0.717, 1.165) is 19.4 Å². The summed E-state index contributed by atoms with van der Waals surface area (Å²) in [5.41, 5.74) is 0.633. The minimum atomic E-state index is -0.292. The molecule has 0 spiro atoms. The molecule has 1 saturated heterocycles. The minimum absolute atomic E-state index is 0.0797. The molecule has 1 aliphatic rings. The van der Waals surface area contributed by atoms with Crippen molar-refractivity contribution in [3.8, 4) is 0 Å². The van der Waals surface area contributed by atoms with Crippen LogP contribution < -0.4 is 0 Å². The summed E-state index contributed by atoms with van der Waals surface area (Å²) in [6, 6.07) is -0.184. The van der Waals surface area contributed by atoms with Gasteiger partial charge in [-0.25, -0.2) is 0 Å². The van der Waals surface area contributed by atoms with Crippen molar-refractivity contribution in [2.75, 3.05) is 13.2 Å². The summed E-state index contributed by atoms with van der Waals surface area (Å²) in [6.45, 7) is 4.88. The first-order valence-corrected chi connectivity index (χ1v) is 7.47. The molecule has 116 valence electrons. The highest BCUT2D eigenvalue weighted by Gasteiger charge is 2.34. The third-order valence-corrected chi connectivity index (χ3v) is 4.00. The van der Waals surface area contributed by atoms with Gasteiger partial charge in [0.15, 0.2) is 5.78 Å². The van der Waals surface area contributed by atoms with Crippen LogP contribution in [0.5, 0.6) is 0 Å². The minimum Gasteiger partial charge on any atom is -0.465 e. The van der Waals surface area contributed by atoms with E-state index in [9.17, 15) is 9.59 Å². The largest absolute Gasteiger partial charge is 0.465 e.